The molecular formula is C8H14NO+. The van der Waals surface area contributed by atoms with Gasteiger partial charge in [-0.2, -0.15) is 9.79 Å². The van der Waals surface area contributed by atoms with E-state index < -0.39 is 0 Å². The van der Waals surface area contributed by atoms with E-state index in [0.29, 0.717) is 0 Å². The lowest BCUT2D eigenvalue weighted by Gasteiger charge is -2.22. The highest BCUT2D eigenvalue weighted by Gasteiger charge is 2.31. The summed E-state index contributed by atoms with van der Waals surface area (Å²) in [6.07, 6.45) is 7.80. The van der Waals surface area contributed by atoms with Crippen molar-refractivity contribution in [3.63, 3.8) is 0 Å². The van der Waals surface area contributed by atoms with Crippen molar-refractivity contribution in [2.24, 2.45) is 0 Å². The van der Waals surface area contributed by atoms with Crippen LogP contribution in [0.1, 0.15) is 39.0 Å². The Kier molecular flexibility index (Phi) is 2.23. The predicted molar refractivity (Wildman–Crippen MR) is 38.1 cm³/mol. The van der Waals surface area contributed by atoms with Gasteiger partial charge in [0, 0.05) is 19.8 Å². The van der Waals surface area contributed by atoms with Crippen molar-refractivity contribution in [3.8, 4) is 0 Å². The van der Waals surface area contributed by atoms with Gasteiger partial charge in [-0.25, -0.2) is 0 Å². The molecule has 0 bridgehead atoms. The molecule has 0 aromatic rings. The lowest BCUT2D eigenvalue weighted by atomic mass is 9.84. The van der Waals surface area contributed by atoms with Crippen LogP contribution in [0.2, 0.25) is 0 Å². The molecule has 0 aromatic heterocycles. The highest BCUT2D eigenvalue weighted by atomic mass is 16.1. The van der Waals surface area contributed by atoms with Crippen molar-refractivity contribution < 1.29 is 9.79 Å². The summed E-state index contributed by atoms with van der Waals surface area (Å²) in [4.78, 5) is 12.8. The third-order valence-corrected chi connectivity index (χ3v) is 2.31. The second kappa shape index (κ2) is 2.98. The fourth-order valence-electron chi connectivity index (χ4n) is 1.58. The Morgan fingerprint density at radius 1 is 1.30 bits per heavy atom. The smallest absolute Gasteiger partial charge is 0.161 e. The Morgan fingerprint density at radius 3 is 2.40 bits per heavy atom. The molecule has 0 aliphatic heterocycles. The molecule has 0 aromatic carbocycles. The normalized spacial score (nSPS) is 23.3. The first-order valence-electron chi connectivity index (χ1n) is 3.91. The molecule has 2 nitrogen and oxygen atoms in total. The molecule has 0 atom stereocenters. The third kappa shape index (κ3) is 1.68. The zero-order chi connectivity index (χ0) is 7.45. The number of carbonyl (C=O) groups excluding carboxylic acids is 1. The zero-order valence-electron chi connectivity index (χ0n) is 6.44. The molecule has 0 spiro atoms. The summed E-state index contributed by atoms with van der Waals surface area (Å²) in [6.45, 7) is 2.09. The molecule has 10 heavy (non-hydrogen) atoms. The fourth-order valence-corrected chi connectivity index (χ4v) is 1.58. The standard InChI is InChI=1S/C8H13NO/c1-8(9-7-10)5-3-2-4-6-8/h2-6H2,1H3/p+1. The van der Waals surface area contributed by atoms with Crippen LogP contribution in [0.3, 0.4) is 0 Å². The number of rotatable bonds is 1. The summed E-state index contributed by atoms with van der Waals surface area (Å²) in [5.41, 5.74) is 0.0556. The number of nitrogens with one attached hydrogen (secondary N) is 1. The second-order valence-corrected chi connectivity index (χ2v) is 3.35. The average molecular weight is 140 g/mol. The number of hydrogen-bond donors (Lipinski definition) is 1. The van der Waals surface area contributed by atoms with Gasteiger partial charge in [0.05, 0.1) is 0 Å². The van der Waals surface area contributed by atoms with Crippen LogP contribution >= 0.6 is 0 Å². The Bertz CT molecular complexity index is 153. The Balaban J connectivity index is 2.56. The maximum absolute atomic E-state index is 10.0. The first-order chi connectivity index (χ1) is 4.77. The quantitative estimate of drug-likeness (QED) is 0.407. The Hall–Kier alpha value is -0.620. The maximum atomic E-state index is 10.0. The lowest BCUT2D eigenvalue weighted by Crippen LogP contribution is -2.83. The van der Waals surface area contributed by atoms with Gasteiger partial charge in [-0.3, -0.25) is 0 Å². The summed E-state index contributed by atoms with van der Waals surface area (Å²) in [6, 6.07) is 0. The highest BCUT2D eigenvalue weighted by Crippen LogP contribution is 2.23. The fraction of sp³-hybridized carbons (Fsp3) is 0.875. The van der Waals surface area contributed by atoms with Crippen LogP contribution in [-0.2, 0) is 4.79 Å². The van der Waals surface area contributed by atoms with E-state index in [1.54, 1.807) is 6.08 Å². The van der Waals surface area contributed by atoms with Crippen LogP contribution in [0.5, 0.6) is 0 Å². The van der Waals surface area contributed by atoms with Crippen LogP contribution < -0.4 is 4.99 Å². The van der Waals surface area contributed by atoms with Crippen molar-refractivity contribution in [2.45, 2.75) is 44.6 Å². The van der Waals surface area contributed by atoms with Gasteiger partial charge in [0.1, 0.15) is 0 Å². The zero-order valence-corrected chi connectivity index (χ0v) is 6.44. The maximum Gasteiger partial charge on any atom is 0.422 e. The van der Waals surface area contributed by atoms with Gasteiger partial charge in [-0.05, 0) is 12.8 Å². The van der Waals surface area contributed by atoms with Gasteiger partial charge in [0.2, 0.25) is 0 Å². The molecule has 1 aliphatic rings. The first kappa shape index (κ1) is 7.49. The third-order valence-electron chi connectivity index (χ3n) is 2.31. The monoisotopic (exact) mass is 140 g/mol. The minimum absolute atomic E-state index is 0.0556. The van der Waals surface area contributed by atoms with E-state index in [1.807, 2.05) is 0 Å². The van der Waals surface area contributed by atoms with Crippen molar-refractivity contribution in [3.05, 3.63) is 0 Å². The molecule has 0 radical (unpaired) electrons. The van der Waals surface area contributed by atoms with Gasteiger partial charge < -0.3 is 0 Å². The minimum atomic E-state index is 0.0556. The summed E-state index contributed by atoms with van der Waals surface area (Å²) in [5.74, 6) is 0. The van der Waals surface area contributed by atoms with Crippen molar-refractivity contribution in [1.82, 2.24) is 0 Å². The molecule has 0 heterocycles. The van der Waals surface area contributed by atoms with E-state index in [-0.39, 0.29) is 5.54 Å². The SMILES string of the molecule is CC1([NH+]=C=O)CCCCC1. The summed E-state index contributed by atoms with van der Waals surface area (Å²) >= 11 is 0. The van der Waals surface area contributed by atoms with Crippen molar-refractivity contribution >= 4 is 6.08 Å². The topological polar surface area (TPSA) is 31.0 Å². The molecule has 56 valence electrons. The molecular weight excluding hydrogens is 126 g/mol. The van der Waals surface area contributed by atoms with E-state index in [9.17, 15) is 4.79 Å². The van der Waals surface area contributed by atoms with E-state index >= 15 is 0 Å². The number of isocyanates is 1. The van der Waals surface area contributed by atoms with E-state index in [0.717, 1.165) is 12.8 Å². The summed E-state index contributed by atoms with van der Waals surface area (Å²) in [7, 11) is 0. The van der Waals surface area contributed by atoms with E-state index in [4.69, 9.17) is 0 Å². The van der Waals surface area contributed by atoms with Gasteiger partial charge in [0.25, 0.3) is 0 Å². The van der Waals surface area contributed by atoms with E-state index in [1.165, 1.54) is 19.3 Å². The second-order valence-electron chi connectivity index (χ2n) is 3.35. The molecule has 1 aliphatic carbocycles. The van der Waals surface area contributed by atoms with Crippen LogP contribution in [0, 0.1) is 0 Å². The molecule has 0 amide bonds. The highest BCUT2D eigenvalue weighted by molar-refractivity contribution is 5.23. The molecule has 0 saturated heterocycles. The van der Waals surface area contributed by atoms with Gasteiger partial charge >= 0.3 is 6.08 Å². The van der Waals surface area contributed by atoms with Gasteiger partial charge in [0.15, 0.2) is 5.54 Å². The van der Waals surface area contributed by atoms with Gasteiger partial charge in [-0.15, -0.1) is 0 Å². The Morgan fingerprint density at radius 2 is 1.90 bits per heavy atom. The summed E-state index contributed by atoms with van der Waals surface area (Å²) in [5, 5.41) is 0. The molecule has 1 fully saturated rings. The van der Waals surface area contributed by atoms with Crippen molar-refractivity contribution in [2.75, 3.05) is 0 Å². The largest absolute Gasteiger partial charge is 0.422 e. The van der Waals surface area contributed by atoms with Gasteiger partial charge in [-0.1, -0.05) is 6.42 Å². The van der Waals surface area contributed by atoms with Crippen LogP contribution in [0.25, 0.3) is 0 Å². The first-order valence-corrected chi connectivity index (χ1v) is 3.91. The molecule has 2 heteroatoms. The molecule has 0 unspecified atom stereocenters. The molecule has 1 rings (SSSR count). The molecule has 1 N–H and O–H groups in total. The lowest BCUT2D eigenvalue weighted by molar-refractivity contribution is -0.551. The average Bonchev–Trinajstić information content (AvgIpc) is 1.89. The van der Waals surface area contributed by atoms with E-state index in [2.05, 4.69) is 11.9 Å². The molecule has 1 saturated carbocycles. The van der Waals surface area contributed by atoms with Crippen LogP contribution in [0.4, 0.5) is 0 Å². The predicted octanol–water partition coefficient (Wildman–Crippen LogP) is 0.126. The number of hydrogen-bond acceptors (Lipinski definition) is 1. The minimum Gasteiger partial charge on any atom is -0.161 e. The van der Waals surface area contributed by atoms with Crippen LogP contribution in [-0.4, -0.2) is 11.6 Å². The van der Waals surface area contributed by atoms with Crippen LogP contribution in [0.15, 0.2) is 0 Å². The van der Waals surface area contributed by atoms with Crippen molar-refractivity contribution in [1.29, 1.82) is 0 Å². The summed E-state index contributed by atoms with van der Waals surface area (Å²) < 4.78 is 0. The Labute approximate surface area is 61.3 Å².